The minimum absolute atomic E-state index is 0.0635. The van der Waals surface area contributed by atoms with Crippen LogP contribution in [0.3, 0.4) is 0 Å². The number of rotatable bonds is 5. The fraction of sp³-hybridized carbons (Fsp3) is 0.462. The number of phenols is 1. The van der Waals surface area contributed by atoms with Crippen LogP contribution in [0.4, 0.5) is 5.69 Å². The van der Waals surface area contributed by atoms with Crippen LogP contribution in [0, 0.1) is 15.5 Å². The minimum atomic E-state index is -0.720. The van der Waals surface area contributed by atoms with E-state index in [4.69, 9.17) is 0 Å². The second-order valence-electron chi connectivity index (χ2n) is 5.13. The summed E-state index contributed by atoms with van der Waals surface area (Å²) in [6.45, 7) is 6.45. The molecule has 1 aromatic rings. The predicted molar refractivity (Wildman–Crippen MR) is 71.2 cm³/mol. The molecular weight excluding hydrogens is 248 g/mol. The summed E-state index contributed by atoms with van der Waals surface area (Å²) in [7, 11) is 0. The van der Waals surface area contributed by atoms with Gasteiger partial charge in [0.05, 0.1) is 10.5 Å². The maximum Gasteiger partial charge on any atom is 0.311 e. The Morgan fingerprint density at radius 2 is 2.11 bits per heavy atom. The Morgan fingerprint density at radius 1 is 1.47 bits per heavy atom. The number of carbonyl (C=O) groups excluding carboxylic acids is 1. The Bertz CT molecular complexity index is 497. The van der Waals surface area contributed by atoms with Crippen molar-refractivity contribution in [2.24, 2.45) is 5.41 Å². The van der Waals surface area contributed by atoms with E-state index in [1.807, 2.05) is 20.8 Å². The van der Waals surface area contributed by atoms with Crippen molar-refractivity contribution >= 4 is 11.6 Å². The van der Waals surface area contributed by atoms with Crippen LogP contribution in [0.1, 0.15) is 37.6 Å². The summed E-state index contributed by atoms with van der Waals surface area (Å²) in [6.07, 6.45) is 0.883. The lowest BCUT2D eigenvalue weighted by molar-refractivity contribution is -0.385. The second-order valence-corrected chi connectivity index (χ2v) is 5.13. The zero-order valence-electron chi connectivity index (χ0n) is 11.3. The SMILES string of the molecule is CCC(C)(C)CNC(=O)c1cccc([N+](=O)[O-])c1O. The molecule has 0 fully saturated rings. The highest BCUT2D eigenvalue weighted by atomic mass is 16.6. The van der Waals surface area contributed by atoms with Crippen molar-refractivity contribution < 1.29 is 14.8 Å². The average Bonchev–Trinajstić information content (AvgIpc) is 2.36. The molecule has 1 aromatic carbocycles. The Morgan fingerprint density at radius 3 is 2.63 bits per heavy atom. The molecule has 1 rings (SSSR count). The average molecular weight is 266 g/mol. The molecule has 0 saturated carbocycles. The number of nitro groups is 1. The second kappa shape index (κ2) is 5.69. The number of amides is 1. The van der Waals surface area contributed by atoms with Gasteiger partial charge in [-0.3, -0.25) is 14.9 Å². The lowest BCUT2D eigenvalue weighted by Gasteiger charge is -2.22. The van der Waals surface area contributed by atoms with Gasteiger partial charge in [-0.25, -0.2) is 0 Å². The Balaban J connectivity index is 2.89. The quantitative estimate of drug-likeness (QED) is 0.632. The molecule has 1 amide bonds. The number of benzene rings is 1. The van der Waals surface area contributed by atoms with Gasteiger partial charge in [-0.1, -0.05) is 26.8 Å². The minimum Gasteiger partial charge on any atom is -0.502 e. The summed E-state index contributed by atoms with van der Waals surface area (Å²) < 4.78 is 0. The van der Waals surface area contributed by atoms with Gasteiger partial charge < -0.3 is 10.4 Å². The molecule has 19 heavy (non-hydrogen) atoms. The number of nitrogens with zero attached hydrogens (tertiary/aromatic N) is 1. The Labute approximate surface area is 111 Å². The third-order valence-corrected chi connectivity index (χ3v) is 3.14. The van der Waals surface area contributed by atoms with Crippen LogP contribution in [0.15, 0.2) is 18.2 Å². The van der Waals surface area contributed by atoms with Gasteiger partial charge in [0.1, 0.15) is 0 Å². The molecule has 0 saturated heterocycles. The third-order valence-electron chi connectivity index (χ3n) is 3.14. The van der Waals surface area contributed by atoms with Crippen molar-refractivity contribution in [3.8, 4) is 5.75 Å². The van der Waals surface area contributed by atoms with Gasteiger partial charge in [0.25, 0.3) is 5.91 Å². The normalized spacial score (nSPS) is 11.1. The van der Waals surface area contributed by atoms with Gasteiger partial charge >= 0.3 is 5.69 Å². The van der Waals surface area contributed by atoms with Crippen molar-refractivity contribution in [3.63, 3.8) is 0 Å². The van der Waals surface area contributed by atoms with E-state index >= 15 is 0 Å². The molecule has 0 aliphatic rings. The van der Waals surface area contributed by atoms with Crippen LogP contribution in [-0.4, -0.2) is 22.5 Å². The molecular formula is C13H18N2O4. The van der Waals surface area contributed by atoms with Crippen LogP contribution in [0.25, 0.3) is 0 Å². The molecule has 0 unspecified atom stereocenters. The first-order chi connectivity index (χ1) is 8.78. The van der Waals surface area contributed by atoms with E-state index in [9.17, 15) is 20.0 Å². The van der Waals surface area contributed by atoms with Crippen LogP contribution in [0.5, 0.6) is 5.75 Å². The highest BCUT2D eigenvalue weighted by molar-refractivity contribution is 5.98. The van der Waals surface area contributed by atoms with Crippen LogP contribution in [0.2, 0.25) is 0 Å². The summed E-state index contributed by atoms with van der Waals surface area (Å²) in [5.74, 6) is -1.11. The maximum absolute atomic E-state index is 11.9. The molecule has 0 spiro atoms. The van der Waals surface area contributed by atoms with Crippen molar-refractivity contribution in [1.82, 2.24) is 5.32 Å². The number of nitrogens with one attached hydrogen (secondary N) is 1. The summed E-state index contributed by atoms with van der Waals surface area (Å²) >= 11 is 0. The smallest absolute Gasteiger partial charge is 0.311 e. The van der Waals surface area contributed by atoms with Crippen molar-refractivity contribution in [1.29, 1.82) is 0 Å². The van der Waals surface area contributed by atoms with E-state index in [-0.39, 0.29) is 11.0 Å². The first kappa shape index (κ1) is 14.9. The van der Waals surface area contributed by atoms with E-state index in [2.05, 4.69) is 5.32 Å². The molecule has 6 heteroatoms. The summed E-state index contributed by atoms with van der Waals surface area (Å²) in [5.41, 5.74) is -0.616. The number of hydrogen-bond donors (Lipinski definition) is 2. The highest BCUT2D eigenvalue weighted by Gasteiger charge is 2.22. The Hall–Kier alpha value is -2.11. The Kier molecular flexibility index (Phi) is 4.47. The molecule has 0 heterocycles. The predicted octanol–water partition coefficient (Wildman–Crippen LogP) is 2.47. The number of phenolic OH excluding ortho intramolecular Hbond substituents is 1. The monoisotopic (exact) mass is 266 g/mol. The van der Waals surface area contributed by atoms with Crippen molar-refractivity contribution in [2.45, 2.75) is 27.2 Å². The van der Waals surface area contributed by atoms with Crippen molar-refractivity contribution in [3.05, 3.63) is 33.9 Å². The number of para-hydroxylation sites is 1. The first-order valence-corrected chi connectivity index (χ1v) is 6.03. The van der Waals surface area contributed by atoms with E-state index in [1.165, 1.54) is 12.1 Å². The molecule has 0 radical (unpaired) electrons. The lowest BCUT2D eigenvalue weighted by Crippen LogP contribution is -2.33. The first-order valence-electron chi connectivity index (χ1n) is 6.03. The standard InChI is InChI=1S/C13H18N2O4/c1-4-13(2,3)8-14-12(17)9-6-5-7-10(11(9)16)15(18)19/h5-7,16H,4,8H2,1-3H3,(H,14,17). The van der Waals surface area contributed by atoms with Crippen LogP contribution in [-0.2, 0) is 0 Å². The van der Waals surface area contributed by atoms with Gasteiger partial charge in [-0.15, -0.1) is 0 Å². The molecule has 0 bridgehead atoms. The molecule has 2 N–H and O–H groups in total. The number of carbonyl (C=O) groups is 1. The molecule has 0 atom stereocenters. The van der Waals surface area contributed by atoms with Crippen molar-refractivity contribution in [2.75, 3.05) is 6.54 Å². The fourth-order valence-corrected chi connectivity index (χ4v) is 1.40. The third kappa shape index (κ3) is 3.67. The van der Waals surface area contributed by atoms with Crippen LogP contribution >= 0.6 is 0 Å². The molecule has 104 valence electrons. The largest absolute Gasteiger partial charge is 0.502 e. The zero-order valence-corrected chi connectivity index (χ0v) is 11.3. The summed E-state index contributed by atoms with van der Waals surface area (Å²) in [5, 5.41) is 23.1. The molecule has 0 aliphatic carbocycles. The molecule has 0 aliphatic heterocycles. The van der Waals surface area contributed by atoms with Gasteiger partial charge in [-0.2, -0.15) is 0 Å². The fourth-order valence-electron chi connectivity index (χ4n) is 1.40. The van der Waals surface area contributed by atoms with Gasteiger partial charge in [0, 0.05) is 12.6 Å². The maximum atomic E-state index is 11.9. The lowest BCUT2D eigenvalue weighted by atomic mass is 9.90. The van der Waals surface area contributed by atoms with E-state index in [0.717, 1.165) is 12.5 Å². The van der Waals surface area contributed by atoms with E-state index < -0.39 is 22.3 Å². The van der Waals surface area contributed by atoms with Gasteiger partial charge in [-0.05, 0) is 17.9 Å². The molecule has 6 nitrogen and oxygen atoms in total. The van der Waals surface area contributed by atoms with E-state index in [1.54, 1.807) is 0 Å². The van der Waals surface area contributed by atoms with Gasteiger partial charge in [0.15, 0.2) is 0 Å². The zero-order chi connectivity index (χ0) is 14.6. The van der Waals surface area contributed by atoms with Crippen LogP contribution < -0.4 is 5.32 Å². The summed E-state index contributed by atoms with van der Waals surface area (Å²) in [4.78, 5) is 21.9. The van der Waals surface area contributed by atoms with Gasteiger partial charge in [0.2, 0.25) is 5.75 Å². The molecule has 0 aromatic heterocycles. The number of nitro benzene ring substituents is 1. The topological polar surface area (TPSA) is 92.5 Å². The number of aromatic hydroxyl groups is 1. The summed E-state index contributed by atoms with van der Waals surface area (Å²) in [6, 6.07) is 3.89. The number of hydrogen-bond acceptors (Lipinski definition) is 4. The highest BCUT2D eigenvalue weighted by Crippen LogP contribution is 2.29. The van der Waals surface area contributed by atoms with E-state index in [0.29, 0.717) is 6.54 Å².